The molecule has 0 spiro atoms. The lowest BCUT2D eigenvalue weighted by atomic mass is 10.1. The van der Waals surface area contributed by atoms with E-state index >= 15 is 0 Å². The third-order valence-electron chi connectivity index (χ3n) is 3.86. The van der Waals surface area contributed by atoms with E-state index in [1.807, 2.05) is 18.2 Å². The van der Waals surface area contributed by atoms with E-state index in [9.17, 15) is 18.5 Å². The van der Waals surface area contributed by atoms with Crippen molar-refractivity contribution in [1.82, 2.24) is 5.32 Å². The predicted molar refractivity (Wildman–Crippen MR) is 103 cm³/mol. The highest BCUT2D eigenvalue weighted by molar-refractivity contribution is 7.85. The first kappa shape index (κ1) is 21.0. The van der Waals surface area contributed by atoms with Crippen molar-refractivity contribution in [2.24, 2.45) is 0 Å². The first-order chi connectivity index (χ1) is 13.2. The van der Waals surface area contributed by atoms with Crippen LogP contribution in [0.15, 0.2) is 65.2 Å². The van der Waals surface area contributed by atoms with Gasteiger partial charge in [0.15, 0.2) is 0 Å². The highest BCUT2D eigenvalue weighted by Crippen LogP contribution is 2.18. The van der Waals surface area contributed by atoms with Crippen LogP contribution in [0.1, 0.15) is 18.5 Å². The number of ether oxygens (including phenoxy) is 1. The van der Waals surface area contributed by atoms with Gasteiger partial charge in [-0.3, -0.25) is 9.35 Å². The highest BCUT2D eigenvalue weighted by Gasteiger charge is 2.14. The molecular weight excluding hydrogens is 382 g/mol. The standard InChI is InChI=1S/C19H19N3O5S/c1-13(14-3-7-17(27-2)8-4-14)22-19(23)15(11-20)12-21-16-5-9-18(10-6-16)28(24,25)26/h3-10,12-13,21H,1-2H3,(H,22,23)(H,24,25,26)/b15-12-. The smallest absolute Gasteiger partial charge is 0.294 e. The molecule has 1 atom stereocenters. The van der Waals surface area contributed by atoms with Crippen LogP contribution in [0.4, 0.5) is 5.69 Å². The Balaban J connectivity index is 2.04. The SMILES string of the molecule is COc1ccc(C(C)NC(=O)/C(C#N)=C\Nc2ccc(S(=O)(=O)O)cc2)cc1. The van der Waals surface area contributed by atoms with Crippen molar-refractivity contribution >= 4 is 21.7 Å². The molecule has 9 heteroatoms. The third kappa shape index (κ3) is 5.57. The molecule has 1 unspecified atom stereocenters. The van der Waals surface area contributed by atoms with E-state index in [2.05, 4.69) is 10.6 Å². The molecule has 0 aliphatic heterocycles. The molecular formula is C19H19N3O5S. The van der Waals surface area contributed by atoms with Gasteiger partial charge >= 0.3 is 0 Å². The molecule has 0 aliphatic rings. The number of carbonyl (C=O) groups is 1. The van der Waals surface area contributed by atoms with Gasteiger partial charge in [0, 0.05) is 11.9 Å². The van der Waals surface area contributed by atoms with Crippen LogP contribution in [0.3, 0.4) is 0 Å². The van der Waals surface area contributed by atoms with Gasteiger partial charge in [-0.2, -0.15) is 13.7 Å². The lowest BCUT2D eigenvalue weighted by Crippen LogP contribution is -2.28. The van der Waals surface area contributed by atoms with E-state index in [1.54, 1.807) is 26.2 Å². The molecule has 3 N–H and O–H groups in total. The molecule has 0 aliphatic carbocycles. The van der Waals surface area contributed by atoms with E-state index < -0.39 is 16.0 Å². The van der Waals surface area contributed by atoms with Crippen molar-refractivity contribution in [1.29, 1.82) is 5.26 Å². The number of methoxy groups -OCH3 is 1. The second-order valence-corrected chi connectivity index (χ2v) is 7.20. The zero-order valence-corrected chi connectivity index (χ0v) is 16.0. The second-order valence-electron chi connectivity index (χ2n) is 5.78. The van der Waals surface area contributed by atoms with Crippen LogP contribution in [0.2, 0.25) is 0 Å². The van der Waals surface area contributed by atoms with E-state index in [0.717, 1.165) is 5.56 Å². The van der Waals surface area contributed by atoms with Crippen LogP contribution in [0, 0.1) is 11.3 Å². The second kappa shape index (κ2) is 9.03. The monoisotopic (exact) mass is 401 g/mol. The quantitative estimate of drug-likeness (QED) is 0.369. The van der Waals surface area contributed by atoms with E-state index in [1.165, 1.54) is 30.5 Å². The minimum atomic E-state index is -4.28. The summed E-state index contributed by atoms with van der Waals surface area (Å²) in [5, 5.41) is 14.7. The molecule has 0 saturated heterocycles. The van der Waals surface area contributed by atoms with Gasteiger partial charge < -0.3 is 15.4 Å². The summed E-state index contributed by atoms with van der Waals surface area (Å²) in [6.07, 6.45) is 1.22. The van der Waals surface area contributed by atoms with Crippen molar-refractivity contribution in [2.75, 3.05) is 12.4 Å². The summed E-state index contributed by atoms with van der Waals surface area (Å²) in [5.74, 6) is 0.136. The Morgan fingerprint density at radius 3 is 2.29 bits per heavy atom. The number of rotatable bonds is 7. The molecule has 2 aromatic rings. The van der Waals surface area contributed by atoms with Crippen molar-refractivity contribution < 1.29 is 22.5 Å². The maximum atomic E-state index is 12.3. The Bertz CT molecular complexity index is 1010. The van der Waals surface area contributed by atoms with Gasteiger partial charge in [0.05, 0.1) is 18.0 Å². The summed E-state index contributed by atoms with van der Waals surface area (Å²) >= 11 is 0. The lowest BCUT2D eigenvalue weighted by molar-refractivity contribution is -0.117. The van der Waals surface area contributed by atoms with Gasteiger partial charge in [0.25, 0.3) is 16.0 Å². The van der Waals surface area contributed by atoms with Gasteiger partial charge in [-0.1, -0.05) is 12.1 Å². The number of nitriles is 1. The van der Waals surface area contributed by atoms with E-state index in [0.29, 0.717) is 11.4 Å². The number of hydrogen-bond donors (Lipinski definition) is 3. The molecule has 0 aromatic heterocycles. The number of carbonyl (C=O) groups excluding carboxylic acids is 1. The number of nitrogens with one attached hydrogen (secondary N) is 2. The van der Waals surface area contributed by atoms with Crippen LogP contribution in [-0.2, 0) is 14.9 Å². The number of nitrogens with zero attached hydrogens (tertiary/aromatic N) is 1. The largest absolute Gasteiger partial charge is 0.497 e. The zero-order valence-electron chi connectivity index (χ0n) is 15.2. The molecule has 0 bridgehead atoms. The third-order valence-corrected chi connectivity index (χ3v) is 4.73. The summed E-state index contributed by atoms with van der Waals surface area (Å²) in [4.78, 5) is 12.1. The first-order valence-corrected chi connectivity index (χ1v) is 9.57. The fraction of sp³-hybridized carbons (Fsp3) is 0.158. The molecule has 0 radical (unpaired) electrons. The topological polar surface area (TPSA) is 129 Å². The lowest BCUT2D eigenvalue weighted by Gasteiger charge is -2.14. The molecule has 2 rings (SSSR count). The summed E-state index contributed by atoms with van der Waals surface area (Å²) < 4.78 is 36.1. The number of amides is 1. The maximum absolute atomic E-state index is 12.3. The Hall–Kier alpha value is -3.35. The Labute approximate surface area is 163 Å². The van der Waals surface area contributed by atoms with Gasteiger partial charge in [0.2, 0.25) is 0 Å². The summed E-state index contributed by atoms with van der Waals surface area (Å²) in [6, 6.07) is 13.8. The molecule has 0 heterocycles. The van der Waals surface area contributed by atoms with Crippen LogP contribution in [0.25, 0.3) is 0 Å². The average Bonchev–Trinajstić information content (AvgIpc) is 2.68. The molecule has 8 nitrogen and oxygen atoms in total. The predicted octanol–water partition coefficient (Wildman–Crippen LogP) is 2.64. The number of benzene rings is 2. The normalized spacial score (nSPS) is 12.6. The summed E-state index contributed by atoms with van der Waals surface area (Å²) in [6.45, 7) is 1.79. The van der Waals surface area contributed by atoms with Crippen molar-refractivity contribution in [3.63, 3.8) is 0 Å². The molecule has 28 heavy (non-hydrogen) atoms. The molecule has 2 aromatic carbocycles. The molecule has 0 fully saturated rings. The zero-order chi connectivity index (χ0) is 20.7. The number of hydrogen-bond acceptors (Lipinski definition) is 6. The summed E-state index contributed by atoms with van der Waals surface area (Å²) in [7, 11) is -2.72. The molecule has 0 saturated carbocycles. The Morgan fingerprint density at radius 1 is 1.18 bits per heavy atom. The van der Waals surface area contributed by atoms with Gasteiger partial charge in [-0.25, -0.2) is 0 Å². The Morgan fingerprint density at radius 2 is 1.79 bits per heavy atom. The number of anilines is 1. The Kier molecular flexibility index (Phi) is 6.76. The highest BCUT2D eigenvalue weighted by atomic mass is 32.2. The van der Waals surface area contributed by atoms with Crippen LogP contribution in [0.5, 0.6) is 5.75 Å². The maximum Gasteiger partial charge on any atom is 0.294 e. The van der Waals surface area contributed by atoms with Crippen LogP contribution >= 0.6 is 0 Å². The minimum Gasteiger partial charge on any atom is -0.497 e. The van der Waals surface area contributed by atoms with E-state index in [4.69, 9.17) is 9.29 Å². The summed E-state index contributed by atoms with van der Waals surface area (Å²) in [5.41, 5.74) is 1.13. The van der Waals surface area contributed by atoms with Crippen molar-refractivity contribution in [2.45, 2.75) is 17.9 Å². The molecule has 146 valence electrons. The van der Waals surface area contributed by atoms with Crippen LogP contribution < -0.4 is 15.4 Å². The fourth-order valence-electron chi connectivity index (χ4n) is 2.28. The van der Waals surface area contributed by atoms with Crippen LogP contribution in [-0.4, -0.2) is 26.0 Å². The van der Waals surface area contributed by atoms with Crippen molar-refractivity contribution in [3.8, 4) is 11.8 Å². The minimum absolute atomic E-state index is 0.154. The van der Waals surface area contributed by atoms with Gasteiger partial charge in [-0.15, -0.1) is 0 Å². The van der Waals surface area contributed by atoms with E-state index in [-0.39, 0.29) is 16.5 Å². The van der Waals surface area contributed by atoms with Gasteiger partial charge in [0.1, 0.15) is 17.4 Å². The van der Waals surface area contributed by atoms with Gasteiger partial charge in [-0.05, 0) is 48.9 Å². The average molecular weight is 401 g/mol. The molecule has 1 amide bonds. The fourth-order valence-corrected chi connectivity index (χ4v) is 2.76. The van der Waals surface area contributed by atoms with Crippen molar-refractivity contribution in [3.05, 3.63) is 65.9 Å². The first-order valence-electron chi connectivity index (χ1n) is 8.13.